The Hall–Kier alpha value is -3.88. The third-order valence-electron chi connectivity index (χ3n) is 5.98. The number of nitrogens with zero attached hydrogens (tertiary/aromatic N) is 3. The van der Waals surface area contributed by atoms with Crippen LogP contribution in [0.2, 0.25) is 0 Å². The number of hydrogen-bond acceptors (Lipinski definition) is 4. The van der Waals surface area contributed by atoms with Crippen LogP contribution in [0.15, 0.2) is 78.3 Å². The quantitative estimate of drug-likeness (QED) is 0.274. The number of anilines is 1. The van der Waals surface area contributed by atoms with E-state index in [2.05, 4.69) is 96.5 Å². The van der Waals surface area contributed by atoms with Crippen LogP contribution in [0.1, 0.15) is 24.4 Å². The lowest BCUT2D eigenvalue weighted by atomic mass is 10.1. The first-order valence-corrected chi connectivity index (χ1v) is 12.0. The second-order valence-corrected chi connectivity index (χ2v) is 8.75. The van der Waals surface area contributed by atoms with Gasteiger partial charge in [-0.2, -0.15) is 5.26 Å². The molecule has 0 aliphatic carbocycles. The summed E-state index contributed by atoms with van der Waals surface area (Å²) in [6.45, 7) is 5.23. The maximum absolute atomic E-state index is 9.76. The summed E-state index contributed by atoms with van der Waals surface area (Å²) in [6.07, 6.45) is 2.77. The number of benzene rings is 3. The zero-order valence-electron chi connectivity index (χ0n) is 18.7. The number of fused-ring (bicyclic) bond motifs is 3. The molecule has 2 heterocycles. The van der Waals surface area contributed by atoms with Crippen molar-refractivity contribution in [2.45, 2.75) is 26.8 Å². The Morgan fingerprint density at radius 2 is 1.82 bits per heavy atom. The third kappa shape index (κ3) is 3.90. The summed E-state index contributed by atoms with van der Waals surface area (Å²) in [5, 5.41) is 18.2. The molecule has 4 nitrogen and oxygen atoms in total. The Kier molecular flexibility index (Phi) is 5.68. The van der Waals surface area contributed by atoms with E-state index in [1.54, 1.807) is 6.20 Å². The van der Waals surface area contributed by atoms with Gasteiger partial charge >= 0.3 is 0 Å². The highest BCUT2D eigenvalue weighted by molar-refractivity contribution is 7.11. The number of para-hydroxylation sites is 1. The number of thiazole rings is 1. The van der Waals surface area contributed by atoms with Crippen LogP contribution in [-0.4, -0.2) is 9.55 Å². The molecule has 0 aliphatic rings. The van der Waals surface area contributed by atoms with Crippen molar-refractivity contribution in [2.24, 2.45) is 0 Å². The van der Waals surface area contributed by atoms with Gasteiger partial charge in [0, 0.05) is 51.2 Å². The summed E-state index contributed by atoms with van der Waals surface area (Å²) in [6, 6.07) is 25.6. The van der Waals surface area contributed by atoms with Gasteiger partial charge in [0.1, 0.15) is 16.6 Å². The summed E-state index contributed by atoms with van der Waals surface area (Å²) in [5.41, 5.74) is 7.18. The van der Waals surface area contributed by atoms with Crippen molar-refractivity contribution in [3.8, 4) is 17.3 Å². The van der Waals surface area contributed by atoms with Gasteiger partial charge < -0.3 is 9.88 Å². The highest BCUT2D eigenvalue weighted by Crippen LogP contribution is 2.31. The number of rotatable bonds is 6. The number of aryl methyl sites for hydroxylation is 2. The number of nitriles is 1. The van der Waals surface area contributed by atoms with Gasteiger partial charge in [0.2, 0.25) is 0 Å². The lowest BCUT2D eigenvalue weighted by molar-refractivity contribution is 0.827. The van der Waals surface area contributed by atoms with E-state index in [0.717, 1.165) is 29.9 Å². The maximum Gasteiger partial charge on any atom is 0.136 e. The summed E-state index contributed by atoms with van der Waals surface area (Å²) in [5.74, 6) is 0. The van der Waals surface area contributed by atoms with Gasteiger partial charge in [0.05, 0.1) is 5.69 Å². The van der Waals surface area contributed by atoms with Crippen molar-refractivity contribution in [3.05, 3.63) is 88.9 Å². The lowest BCUT2D eigenvalue weighted by Crippen LogP contribution is -1.94. The Balaban J connectivity index is 1.44. The highest BCUT2D eigenvalue weighted by atomic mass is 32.1. The predicted molar refractivity (Wildman–Crippen MR) is 139 cm³/mol. The van der Waals surface area contributed by atoms with E-state index in [0.29, 0.717) is 10.6 Å². The molecule has 0 spiro atoms. The molecule has 0 unspecified atom stereocenters. The highest BCUT2D eigenvalue weighted by Gasteiger charge is 2.11. The topological polar surface area (TPSA) is 53.6 Å². The largest absolute Gasteiger partial charge is 0.360 e. The van der Waals surface area contributed by atoms with Crippen LogP contribution in [0.3, 0.4) is 0 Å². The molecule has 5 aromatic rings. The molecular weight excluding hydrogens is 424 g/mol. The number of allylic oxidation sites excluding steroid dienone is 1. The first-order valence-electron chi connectivity index (χ1n) is 11.1. The molecule has 5 rings (SSSR count). The molecule has 0 amide bonds. The fraction of sp³-hybridized carbons (Fsp3) is 0.143. The van der Waals surface area contributed by atoms with Gasteiger partial charge in [-0.3, -0.25) is 0 Å². The fourth-order valence-electron chi connectivity index (χ4n) is 4.22. The summed E-state index contributed by atoms with van der Waals surface area (Å²) >= 11 is 1.49. The molecule has 3 aromatic carbocycles. The molecule has 33 heavy (non-hydrogen) atoms. The standard InChI is InChI=1S/C28H24N4S/c1-3-19-9-11-20(12-10-19)25-18-33-28(31-25)21(16-29)17-30-22-13-14-27-24(15-22)23-7-5-6-8-26(23)32(27)4-2/h5-15,17-18,30H,3-4H2,1-2H3/b21-17+. The first-order chi connectivity index (χ1) is 16.2. The van der Waals surface area contributed by atoms with Crippen LogP contribution in [0.5, 0.6) is 0 Å². The van der Waals surface area contributed by atoms with Crippen molar-refractivity contribution in [3.63, 3.8) is 0 Å². The minimum Gasteiger partial charge on any atom is -0.360 e. The Bertz CT molecular complexity index is 1510. The molecule has 0 fully saturated rings. The van der Waals surface area contributed by atoms with Crippen molar-refractivity contribution in [1.82, 2.24) is 9.55 Å². The predicted octanol–water partition coefficient (Wildman–Crippen LogP) is 7.48. The van der Waals surface area contributed by atoms with Crippen LogP contribution < -0.4 is 5.32 Å². The normalized spacial score (nSPS) is 11.7. The molecule has 0 saturated heterocycles. The van der Waals surface area contributed by atoms with Crippen molar-refractivity contribution >= 4 is 44.4 Å². The second kappa shape index (κ2) is 8.93. The Morgan fingerprint density at radius 1 is 1.03 bits per heavy atom. The van der Waals surface area contributed by atoms with Gasteiger partial charge in [0.15, 0.2) is 0 Å². The number of aromatic nitrogens is 2. The summed E-state index contributed by atoms with van der Waals surface area (Å²) < 4.78 is 2.33. The first kappa shape index (κ1) is 21.0. The third-order valence-corrected chi connectivity index (χ3v) is 6.86. The molecule has 0 atom stereocenters. The van der Waals surface area contributed by atoms with E-state index >= 15 is 0 Å². The van der Waals surface area contributed by atoms with Crippen LogP contribution in [-0.2, 0) is 13.0 Å². The van der Waals surface area contributed by atoms with Crippen molar-refractivity contribution in [1.29, 1.82) is 5.26 Å². The zero-order chi connectivity index (χ0) is 22.8. The van der Waals surface area contributed by atoms with Crippen LogP contribution in [0.4, 0.5) is 5.69 Å². The number of nitrogens with one attached hydrogen (secondary N) is 1. The molecule has 0 bridgehead atoms. The van der Waals surface area contributed by atoms with Crippen molar-refractivity contribution < 1.29 is 0 Å². The smallest absolute Gasteiger partial charge is 0.136 e. The van der Waals surface area contributed by atoms with Crippen LogP contribution in [0, 0.1) is 11.3 Å². The molecule has 5 heteroatoms. The van der Waals surface area contributed by atoms with Crippen molar-refractivity contribution in [2.75, 3.05) is 5.32 Å². The minimum absolute atomic E-state index is 0.521. The molecule has 0 saturated carbocycles. The van der Waals surface area contributed by atoms with Gasteiger partial charge in [-0.15, -0.1) is 11.3 Å². The van der Waals surface area contributed by atoms with E-state index in [9.17, 15) is 5.26 Å². The molecule has 2 aromatic heterocycles. The van der Waals surface area contributed by atoms with Gasteiger partial charge in [-0.05, 0) is 43.2 Å². The van der Waals surface area contributed by atoms with E-state index in [1.165, 1.54) is 38.7 Å². The van der Waals surface area contributed by atoms with E-state index in [-0.39, 0.29) is 0 Å². The van der Waals surface area contributed by atoms with E-state index in [1.807, 2.05) is 5.38 Å². The van der Waals surface area contributed by atoms with Crippen LogP contribution >= 0.6 is 11.3 Å². The van der Waals surface area contributed by atoms with E-state index in [4.69, 9.17) is 4.98 Å². The molecule has 0 aliphatic heterocycles. The molecule has 1 N–H and O–H groups in total. The van der Waals surface area contributed by atoms with Gasteiger partial charge in [-0.1, -0.05) is 49.4 Å². The summed E-state index contributed by atoms with van der Waals surface area (Å²) in [4.78, 5) is 4.71. The average molecular weight is 449 g/mol. The fourth-order valence-corrected chi connectivity index (χ4v) is 5.02. The molecular formula is C28H24N4S. The molecule has 0 radical (unpaired) electrons. The van der Waals surface area contributed by atoms with Gasteiger partial charge in [0.25, 0.3) is 0 Å². The average Bonchev–Trinajstić information content (AvgIpc) is 3.47. The number of hydrogen-bond donors (Lipinski definition) is 1. The lowest BCUT2D eigenvalue weighted by Gasteiger charge is -2.05. The van der Waals surface area contributed by atoms with E-state index < -0.39 is 0 Å². The summed E-state index contributed by atoms with van der Waals surface area (Å²) in [7, 11) is 0. The zero-order valence-corrected chi connectivity index (χ0v) is 19.5. The Morgan fingerprint density at radius 3 is 2.58 bits per heavy atom. The monoisotopic (exact) mass is 448 g/mol. The SMILES string of the molecule is CCc1ccc(-c2csc(/C(C#N)=C/Nc3ccc4c(c3)c3ccccc3n4CC)n2)cc1. The Labute approximate surface area is 197 Å². The minimum atomic E-state index is 0.521. The molecule has 162 valence electrons. The maximum atomic E-state index is 9.76. The second-order valence-electron chi connectivity index (χ2n) is 7.90. The van der Waals surface area contributed by atoms with Gasteiger partial charge in [-0.25, -0.2) is 4.98 Å². The van der Waals surface area contributed by atoms with Crippen LogP contribution in [0.25, 0.3) is 38.6 Å².